The highest BCUT2D eigenvalue weighted by atomic mass is 32.1. The van der Waals surface area contributed by atoms with Crippen LogP contribution in [0.3, 0.4) is 0 Å². The molecule has 0 aliphatic carbocycles. The minimum atomic E-state index is -0.384. The van der Waals surface area contributed by atoms with Crippen molar-refractivity contribution in [1.29, 1.82) is 5.26 Å². The topological polar surface area (TPSA) is 110 Å². The maximum Gasteiger partial charge on any atom is 0.295 e. The minimum absolute atomic E-state index is 0.316. The van der Waals surface area contributed by atoms with Crippen LogP contribution in [0.15, 0.2) is 30.5 Å². The summed E-state index contributed by atoms with van der Waals surface area (Å²) in [6.07, 6.45) is 1.49. The highest BCUT2D eigenvalue weighted by Crippen LogP contribution is 2.30. The molecule has 0 radical (unpaired) electrons. The molecule has 27 heavy (non-hydrogen) atoms. The summed E-state index contributed by atoms with van der Waals surface area (Å²) >= 11 is 1.12. The molecule has 9 heteroatoms. The second-order valence-corrected chi connectivity index (χ2v) is 6.37. The van der Waals surface area contributed by atoms with E-state index in [1.807, 2.05) is 6.92 Å². The van der Waals surface area contributed by atoms with Crippen molar-refractivity contribution in [2.24, 2.45) is 0 Å². The smallest absolute Gasteiger partial charge is 0.295 e. The fraction of sp³-hybridized carbons (Fsp3) is 0.167. The molecule has 1 amide bonds. The molecule has 2 heterocycles. The lowest BCUT2D eigenvalue weighted by Gasteiger charge is -2.11. The van der Waals surface area contributed by atoms with Crippen molar-refractivity contribution in [3.63, 3.8) is 0 Å². The average Bonchev–Trinajstić information content (AvgIpc) is 3.14. The molecule has 136 valence electrons. The largest absolute Gasteiger partial charge is 0.495 e. The Morgan fingerprint density at radius 2 is 2.04 bits per heavy atom. The first-order valence-corrected chi connectivity index (χ1v) is 8.61. The molecule has 0 fully saturated rings. The lowest BCUT2D eigenvalue weighted by Crippen LogP contribution is -2.14. The Kier molecular flexibility index (Phi) is 5.28. The highest BCUT2D eigenvalue weighted by Gasteiger charge is 2.17. The highest BCUT2D eigenvalue weighted by molar-refractivity contribution is 7.17. The van der Waals surface area contributed by atoms with E-state index in [0.29, 0.717) is 38.3 Å². The van der Waals surface area contributed by atoms with Crippen LogP contribution >= 0.6 is 11.3 Å². The Hall–Kier alpha value is -3.51. The second kappa shape index (κ2) is 7.80. The van der Waals surface area contributed by atoms with Crippen molar-refractivity contribution < 1.29 is 14.3 Å². The number of anilines is 1. The summed E-state index contributed by atoms with van der Waals surface area (Å²) in [5.74, 6) is 0.0876. The van der Waals surface area contributed by atoms with Crippen LogP contribution in [0, 0.1) is 18.3 Å². The van der Waals surface area contributed by atoms with E-state index in [4.69, 9.17) is 9.47 Å². The predicted octanol–water partition coefficient (Wildman–Crippen LogP) is 3.05. The molecule has 0 saturated heterocycles. The Bertz CT molecular complexity index is 1040. The molecule has 1 N–H and O–H groups in total. The van der Waals surface area contributed by atoms with E-state index in [0.717, 1.165) is 17.0 Å². The van der Waals surface area contributed by atoms with Crippen LogP contribution in [0.4, 0.5) is 5.13 Å². The van der Waals surface area contributed by atoms with Crippen LogP contribution in [-0.2, 0) is 0 Å². The van der Waals surface area contributed by atoms with Gasteiger partial charge in [-0.1, -0.05) is 11.2 Å². The summed E-state index contributed by atoms with van der Waals surface area (Å²) in [6, 6.07) is 9.05. The van der Waals surface area contributed by atoms with Gasteiger partial charge in [-0.05, 0) is 47.6 Å². The number of carbonyl (C=O) groups is 1. The van der Waals surface area contributed by atoms with E-state index >= 15 is 0 Å². The number of nitrogens with zero attached hydrogens (tertiary/aromatic N) is 4. The number of hydrogen-bond donors (Lipinski definition) is 1. The molecule has 0 atom stereocenters. The second-order valence-electron chi connectivity index (χ2n) is 5.43. The lowest BCUT2D eigenvalue weighted by atomic mass is 9.98. The molecule has 8 nitrogen and oxygen atoms in total. The van der Waals surface area contributed by atoms with Crippen LogP contribution in [0.5, 0.6) is 10.9 Å². The normalized spacial score (nSPS) is 10.1. The van der Waals surface area contributed by atoms with Gasteiger partial charge in [-0.3, -0.25) is 15.1 Å². The summed E-state index contributed by atoms with van der Waals surface area (Å²) in [6.45, 7) is 1.83. The fourth-order valence-corrected chi connectivity index (χ4v) is 3.01. The molecule has 2 aromatic heterocycles. The monoisotopic (exact) mass is 381 g/mol. The third kappa shape index (κ3) is 3.86. The third-order valence-corrected chi connectivity index (χ3v) is 4.52. The molecule has 1 aromatic carbocycles. The molecular weight excluding hydrogens is 366 g/mol. The van der Waals surface area contributed by atoms with E-state index in [2.05, 4.69) is 26.6 Å². The number of nitriles is 1. The van der Waals surface area contributed by atoms with Crippen molar-refractivity contribution >= 4 is 22.4 Å². The number of rotatable bonds is 5. The number of ether oxygens (including phenoxy) is 2. The van der Waals surface area contributed by atoms with E-state index in [1.165, 1.54) is 20.4 Å². The molecule has 0 aliphatic heterocycles. The Balaban J connectivity index is 2.00. The van der Waals surface area contributed by atoms with Crippen LogP contribution in [0.1, 0.15) is 21.6 Å². The van der Waals surface area contributed by atoms with Gasteiger partial charge in [0.25, 0.3) is 11.1 Å². The minimum Gasteiger partial charge on any atom is -0.495 e. The van der Waals surface area contributed by atoms with Gasteiger partial charge in [0.05, 0.1) is 25.3 Å². The number of benzene rings is 1. The first-order valence-electron chi connectivity index (χ1n) is 7.79. The van der Waals surface area contributed by atoms with Crippen molar-refractivity contribution in [3.8, 4) is 28.1 Å². The molecule has 0 spiro atoms. The first kappa shape index (κ1) is 18.3. The average molecular weight is 381 g/mol. The summed E-state index contributed by atoms with van der Waals surface area (Å²) in [7, 11) is 2.98. The SMILES string of the molecule is COc1nnc(NC(=O)c2cnc(C)cc2-c2ccc(OC)c(C#N)c2)s1. The number of pyridine rings is 1. The quantitative estimate of drug-likeness (QED) is 0.723. The van der Waals surface area contributed by atoms with Gasteiger partial charge >= 0.3 is 0 Å². The molecule has 0 aliphatic rings. The number of hydrogen-bond acceptors (Lipinski definition) is 8. The van der Waals surface area contributed by atoms with Gasteiger partial charge in [0.1, 0.15) is 11.8 Å². The van der Waals surface area contributed by atoms with Gasteiger partial charge in [0, 0.05) is 11.9 Å². The van der Waals surface area contributed by atoms with Gasteiger partial charge in [0.2, 0.25) is 5.13 Å². The van der Waals surface area contributed by atoms with Crippen LogP contribution in [0.2, 0.25) is 0 Å². The molecule has 0 bridgehead atoms. The van der Waals surface area contributed by atoms with Crippen LogP contribution in [0.25, 0.3) is 11.1 Å². The van der Waals surface area contributed by atoms with E-state index in [9.17, 15) is 10.1 Å². The number of methoxy groups -OCH3 is 2. The van der Waals surface area contributed by atoms with E-state index in [1.54, 1.807) is 24.3 Å². The maximum atomic E-state index is 12.8. The van der Waals surface area contributed by atoms with Crippen molar-refractivity contribution in [3.05, 3.63) is 47.3 Å². The Morgan fingerprint density at radius 3 is 2.70 bits per heavy atom. The standard InChI is InChI=1S/C18H15N5O3S/c1-10-6-13(11-4-5-15(25-2)12(7-11)8-19)14(9-20-10)16(24)21-17-22-23-18(26-3)27-17/h4-7,9H,1-3H3,(H,21,22,24). The van der Waals surface area contributed by atoms with Gasteiger partial charge in [-0.2, -0.15) is 5.26 Å². The zero-order valence-electron chi connectivity index (χ0n) is 14.8. The summed E-state index contributed by atoms with van der Waals surface area (Å²) in [4.78, 5) is 17.0. The maximum absolute atomic E-state index is 12.8. The molecule has 0 unspecified atom stereocenters. The third-order valence-electron chi connectivity index (χ3n) is 3.72. The van der Waals surface area contributed by atoms with Gasteiger partial charge in [-0.25, -0.2) is 0 Å². The summed E-state index contributed by atoms with van der Waals surface area (Å²) in [5, 5.41) is 20.3. The predicted molar refractivity (Wildman–Crippen MR) is 100 cm³/mol. The number of amides is 1. The van der Waals surface area contributed by atoms with Gasteiger partial charge < -0.3 is 9.47 Å². The zero-order valence-corrected chi connectivity index (χ0v) is 15.6. The first-order chi connectivity index (χ1) is 13.0. The van der Waals surface area contributed by atoms with Crippen LogP contribution < -0.4 is 14.8 Å². The number of carbonyl (C=O) groups excluding carboxylic acids is 1. The van der Waals surface area contributed by atoms with Crippen molar-refractivity contribution in [1.82, 2.24) is 15.2 Å². The lowest BCUT2D eigenvalue weighted by molar-refractivity contribution is 0.102. The Labute approximate surface area is 159 Å². The van der Waals surface area contributed by atoms with Crippen LogP contribution in [-0.4, -0.2) is 35.3 Å². The number of aryl methyl sites for hydroxylation is 1. The fourth-order valence-electron chi connectivity index (χ4n) is 2.45. The van der Waals surface area contributed by atoms with Gasteiger partial charge in [-0.15, -0.1) is 5.10 Å². The van der Waals surface area contributed by atoms with E-state index < -0.39 is 0 Å². The van der Waals surface area contributed by atoms with Crippen molar-refractivity contribution in [2.75, 3.05) is 19.5 Å². The molecule has 0 saturated carbocycles. The Morgan fingerprint density at radius 1 is 1.22 bits per heavy atom. The van der Waals surface area contributed by atoms with E-state index in [-0.39, 0.29) is 5.91 Å². The zero-order chi connectivity index (χ0) is 19.4. The molecular formula is C18H15N5O3S. The molecule has 3 rings (SSSR count). The number of nitrogens with one attached hydrogen (secondary N) is 1. The van der Waals surface area contributed by atoms with Crippen molar-refractivity contribution in [2.45, 2.75) is 6.92 Å². The summed E-state index contributed by atoms with van der Waals surface area (Å²) in [5.41, 5.74) is 2.83. The van der Waals surface area contributed by atoms with Gasteiger partial charge in [0.15, 0.2) is 0 Å². The summed E-state index contributed by atoms with van der Waals surface area (Å²) < 4.78 is 10.2. The number of aromatic nitrogens is 3. The molecule has 3 aromatic rings.